The maximum atomic E-state index is 14.1. The van der Waals surface area contributed by atoms with Crippen molar-refractivity contribution in [1.82, 2.24) is 31.5 Å². The number of nitrogens with zero attached hydrogens (tertiary/aromatic N) is 1. The number of aliphatic hydroxyl groups excluding tert-OH is 5. The van der Waals surface area contributed by atoms with Gasteiger partial charge in [-0.3, -0.25) is 9.69 Å². The van der Waals surface area contributed by atoms with Crippen LogP contribution in [0.4, 0.5) is 0 Å². The lowest BCUT2D eigenvalue weighted by Gasteiger charge is -2.48. The molecule has 3 heterocycles. The Morgan fingerprint density at radius 1 is 0.714 bits per heavy atom. The van der Waals surface area contributed by atoms with Crippen molar-refractivity contribution in [2.75, 3.05) is 72.1 Å². The monoisotopic (exact) mass is 1080 g/mol. The highest BCUT2D eigenvalue weighted by Crippen LogP contribution is 2.39. The first kappa shape index (κ1) is 60.9. The molecule has 0 radical (unpaired) electrons. The number of carbonyl (C=O) groups is 3. The van der Waals surface area contributed by atoms with Gasteiger partial charge in [-0.1, -0.05) is 81.5 Å². The number of ether oxygens (including phenoxy) is 6. The Morgan fingerprint density at radius 3 is 2.13 bits per heavy atom. The van der Waals surface area contributed by atoms with Crippen LogP contribution in [0.2, 0.25) is 0 Å². The van der Waals surface area contributed by atoms with Gasteiger partial charge in [0, 0.05) is 58.3 Å². The van der Waals surface area contributed by atoms with Crippen LogP contribution >= 0.6 is 0 Å². The zero-order valence-electron chi connectivity index (χ0n) is 45.0. The Morgan fingerprint density at radius 2 is 1.42 bits per heavy atom. The van der Waals surface area contributed by atoms with Gasteiger partial charge in [0.15, 0.2) is 24.8 Å². The molecule has 7 rings (SSSR count). The lowest BCUT2D eigenvalue weighted by Crippen LogP contribution is -2.64. The van der Waals surface area contributed by atoms with E-state index in [1.54, 1.807) is 18.2 Å². The number of hydrogen-bond donors (Lipinski definition) is 11. The first-order valence-corrected chi connectivity index (χ1v) is 28.3. The number of aliphatic carboxylic acids is 1. The lowest BCUT2D eigenvalue weighted by molar-refractivity contribution is -0.349. The van der Waals surface area contributed by atoms with Crippen LogP contribution in [0.25, 0.3) is 0 Å². The standard InChI is InChI=1S/C56H88N6O15/c1-35-29-41(52(68)61-25-24-60-32-38-15-17-39(18-16-38)33-62-27-10-21-58-23-22-57-19-9-20-59-26-28-62)31-42(49(35)77-55-48(67)47(66)45(64)36(2)72-55)74-56-51(76-54(71)40-13-7-4-8-14-40)50(46(65)44(34-63)75-56)73-43(53(69)70)30-37-11-5-3-6-12-37/h4,7-8,13-18,35-37,41-51,55-60,63-67H,3,5-6,9-12,19-34H2,1-2H3,(H,61,68)(H,69,70)/t35?,36-,41?,42?,43-,44+,45+,46-,47+,48-,49?,50-,51+,55-,56+/m0/s1. The van der Waals surface area contributed by atoms with Crippen LogP contribution in [0.1, 0.15) is 99.5 Å². The van der Waals surface area contributed by atoms with Crippen molar-refractivity contribution < 1.29 is 73.4 Å². The minimum Gasteiger partial charge on any atom is -0.479 e. The summed E-state index contributed by atoms with van der Waals surface area (Å²) in [5.41, 5.74) is 2.50. The number of esters is 1. The predicted octanol–water partition coefficient (Wildman–Crippen LogP) is 1.01. The number of carbonyl (C=O) groups excluding carboxylic acids is 2. The van der Waals surface area contributed by atoms with E-state index in [2.05, 4.69) is 55.7 Å². The number of nitrogens with one attached hydrogen (secondary N) is 5. The zero-order chi connectivity index (χ0) is 54.7. The third-order valence-corrected chi connectivity index (χ3v) is 15.8. The summed E-state index contributed by atoms with van der Waals surface area (Å²) < 4.78 is 37.6. The second-order valence-corrected chi connectivity index (χ2v) is 21.7. The molecule has 5 fully saturated rings. The van der Waals surface area contributed by atoms with E-state index in [4.69, 9.17) is 28.4 Å². The molecule has 432 valence electrons. The van der Waals surface area contributed by atoms with E-state index in [0.29, 0.717) is 26.1 Å². The Hall–Kier alpha value is -3.75. The van der Waals surface area contributed by atoms with Gasteiger partial charge in [0.05, 0.1) is 30.5 Å². The van der Waals surface area contributed by atoms with Crippen LogP contribution in [0.3, 0.4) is 0 Å². The molecule has 0 bridgehead atoms. The summed E-state index contributed by atoms with van der Waals surface area (Å²) in [6.07, 6.45) is -11.3. The molecule has 4 unspecified atom stereocenters. The molecular weight excluding hydrogens is 997 g/mol. The van der Waals surface area contributed by atoms with Crippen LogP contribution in [-0.2, 0) is 51.1 Å². The molecule has 2 aliphatic carbocycles. The van der Waals surface area contributed by atoms with E-state index in [1.807, 2.05) is 6.92 Å². The van der Waals surface area contributed by atoms with Crippen molar-refractivity contribution in [2.24, 2.45) is 17.8 Å². The summed E-state index contributed by atoms with van der Waals surface area (Å²) in [5, 5.41) is 82.2. The van der Waals surface area contributed by atoms with Gasteiger partial charge >= 0.3 is 11.9 Å². The topological polar surface area (TPSA) is 291 Å². The predicted molar refractivity (Wildman–Crippen MR) is 283 cm³/mol. The highest BCUT2D eigenvalue weighted by molar-refractivity contribution is 5.89. The molecule has 15 atom stereocenters. The van der Waals surface area contributed by atoms with Gasteiger partial charge in [0.1, 0.15) is 36.6 Å². The molecule has 0 spiro atoms. The lowest BCUT2D eigenvalue weighted by atomic mass is 9.77. The van der Waals surface area contributed by atoms with Gasteiger partial charge in [-0.25, -0.2) is 9.59 Å². The number of benzene rings is 2. The summed E-state index contributed by atoms with van der Waals surface area (Å²) in [4.78, 5) is 43.4. The second kappa shape index (κ2) is 31.3. The molecule has 21 nitrogen and oxygen atoms in total. The molecule has 2 aromatic carbocycles. The van der Waals surface area contributed by atoms with Crippen molar-refractivity contribution in [1.29, 1.82) is 0 Å². The fraction of sp³-hybridized carbons (Fsp3) is 0.732. The smallest absolute Gasteiger partial charge is 0.338 e. The highest BCUT2D eigenvalue weighted by Gasteiger charge is 2.54. The molecule has 5 aliphatic rings. The third kappa shape index (κ3) is 18.1. The van der Waals surface area contributed by atoms with Crippen molar-refractivity contribution >= 4 is 17.8 Å². The molecule has 0 aromatic heterocycles. The minimum atomic E-state index is -1.68. The summed E-state index contributed by atoms with van der Waals surface area (Å²) in [5.74, 6) is -3.49. The molecule has 77 heavy (non-hydrogen) atoms. The fourth-order valence-electron chi connectivity index (χ4n) is 11.3. The van der Waals surface area contributed by atoms with Crippen LogP contribution in [0.5, 0.6) is 0 Å². The summed E-state index contributed by atoms with van der Waals surface area (Å²) in [6, 6.07) is 16.6. The van der Waals surface area contributed by atoms with Gasteiger partial charge < -0.3 is 85.6 Å². The number of rotatable bonds is 20. The number of amides is 1. The van der Waals surface area contributed by atoms with E-state index >= 15 is 0 Å². The van der Waals surface area contributed by atoms with Crippen LogP contribution in [0, 0.1) is 17.8 Å². The first-order valence-electron chi connectivity index (χ1n) is 28.3. The Labute approximate surface area is 453 Å². The molecule has 3 aliphatic heterocycles. The van der Waals surface area contributed by atoms with E-state index in [9.17, 15) is 45.0 Å². The highest BCUT2D eigenvalue weighted by atomic mass is 16.7. The number of aliphatic hydroxyl groups is 5. The van der Waals surface area contributed by atoms with E-state index in [1.165, 1.54) is 24.6 Å². The Bertz CT molecular complexity index is 2050. The summed E-state index contributed by atoms with van der Waals surface area (Å²) in [6.45, 7) is 12.8. The number of carboxylic acids is 1. The van der Waals surface area contributed by atoms with Gasteiger partial charge in [-0.05, 0) is 100 Å². The number of carboxylic acid groups (broad SMARTS) is 1. The molecule has 21 heteroatoms. The van der Waals surface area contributed by atoms with E-state index in [0.717, 1.165) is 109 Å². The Balaban J connectivity index is 1.02. The summed E-state index contributed by atoms with van der Waals surface area (Å²) in [7, 11) is 0. The molecule has 2 aromatic rings. The fourth-order valence-corrected chi connectivity index (χ4v) is 11.3. The first-order chi connectivity index (χ1) is 37.3. The molecular formula is C56H88N6O15. The van der Waals surface area contributed by atoms with Gasteiger partial charge in [-0.2, -0.15) is 0 Å². The SMILES string of the molecule is CC1CC(C(=O)NCCNCc2ccc(CN3CCCNCCNCCCNCC3)cc2)CC(O[C@@H]2O[C@H](CO)[C@H](O)[C@H](O[C@@H](CC3CCCCC3)C(=O)O)[C@H]2OC(=O)c2ccccc2)C1O[C@@H]1O[C@@H](C)[C@@H](O)[C@@H](O)[C@@H]1O. The molecule has 3 saturated heterocycles. The van der Waals surface area contributed by atoms with E-state index < -0.39 is 110 Å². The molecule has 2 saturated carbocycles. The number of hydrogen-bond acceptors (Lipinski definition) is 19. The zero-order valence-corrected chi connectivity index (χ0v) is 45.0. The van der Waals surface area contributed by atoms with Gasteiger partial charge in [0.25, 0.3) is 0 Å². The van der Waals surface area contributed by atoms with Gasteiger partial charge in [0.2, 0.25) is 5.91 Å². The van der Waals surface area contributed by atoms with Crippen molar-refractivity contribution in [3.8, 4) is 0 Å². The average molecular weight is 1090 g/mol. The normalized spacial score (nSPS) is 33.1. The van der Waals surface area contributed by atoms with Crippen LogP contribution < -0.4 is 26.6 Å². The quantitative estimate of drug-likeness (QED) is 0.0652. The van der Waals surface area contributed by atoms with E-state index in [-0.39, 0.29) is 30.2 Å². The molecule has 11 N–H and O–H groups in total. The summed E-state index contributed by atoms with van der Waals surface area (Å²) >= 11 is 0. The minimum absolute atomic E-state index is 0.00319. The van der Waals surface area contributed by atoms with Crippen molar-refractivity contribution in [3.05, 3.63) is 71.3 Å². The maximum Gasteiger partial charge on any atom is 0.338 e. The third-order valence-electron chi connectivity index (χ3n) is 15.8. The van der Waals surface area contributed by atoms with Crippen molar-refractivity contribution in [3.63, 3.8) is 0 Å². The average Bonchev–Trinajstić information content (AvgIpc) is 3.43. The second-order valence-electron chi connectivity index (χ2n) is 21.7. The van der Waals surface area contributed by atoms with Gasteiger partial charge in [-0.15, -0.1) is 0 Å². The van der Waals surface area contributed by atoms with Crippen molar-refractivity contribution in [2.45, 2.75) is 171 Å². The van der Waals surface area contributed by atoms with Crippen LogP contribution in [-0.4, -0.2) is 205 Å². The maximum absolute atomic E-state index is 14.1. The largest absolute Gasteiger partial charge is 0.479 e. The van der Waals surface area contributed by atoms with Crippen LogP contribution in [0.15, 0.2) is 54.6 Å². The Kier molecular flexibility index (Phi) is 24.7. The molecule has 1 amide bonds.